The molecule has 1 N–H and O–H groups in total. The molecular formula is C26H25N3O4. The lowest BCUT2D eigenvalue weighted by Crippen LogP contribution is -2.19. The molecule has 7 heteroatoms. The first-order valence-electron chi connectivity index (χ1n) is 10.4. The van der Waals surface area contributed by atoms with E-state index in [9.17, 15) is 4.79 Å². The summed E-state index contributed by atoms with van der Waals surface area (Å²) >= 11 is 0. The van der Waals surface area contributed by atoms with Crippen molar-refractivity contribution in [1.82, 2.24) is 9.78 Å². The predicted molar refractivity (Wildman–Crippen MR) is 130 cm³/mol. The average Bonchev–Trinajstić information content (AvgIpc) is 3.21. The van der Waals surface area contributed by atoms with Gasteiger partial charge in [0, 0.05) is 17.7 Å². The van der Waals surface area contributed by atoms with E-state index in [0.29, 0.717) is 39.9 Å². The monoisotopic (exact) mass is 443 g/mol. The zero-order chi connectivity index (χ0) is 23.4. The third-order valence-electron chi connectivity index (χ3n) is 5.28. The molecule has 0 atom stereocenters. The summed E-state index contributed by atoms with van der Waals surface area (Å²) in [5.74, 6) is 1.46. The van der Waals surface area contributed by atoms with E-state index >= 15 is 0 Å². The molecule has 3 aromatic carbocycles. The molecule has 0 aliphatic heterocycles. The zero-order valence-corrected chi connectivity index (χ0v) is 19.0. The molecule has 33 heavy (non-hydrogen) atoms. The summed E-state index contributed by atoms with van der Waals surface area (Å²) in [4.78, 5) is 18.3. The molecule has 0 fully saturated rings. The molecule has 0 spiro atoms. The molecule has 0 aliphatic rings. The first-order valence-corrected chi connectivity index (χ1v) is 10.4. The highest BCUT2D eigenvalue weighted by molar-refractivity contribution is 6.04. The van der Waals surface area contributed by atoms with Crippen LogP contribution in [-0.4, -0.2) is 36.8 Å². The second kappa shape index (κ2) is 9.48. The number of aliphatic imine (C=N–C) groups is 1. The Balaban J connectivity index is 1.90. The Bertz CT molecular complexity index is 1310. The molecular weight excluding hydrogens is 418 g/mol. The van der Waals surface area contributed by atoms with E-state index < -0.39 is 0 Å². The minimum absolute atomic E-state index is 0.186. The van der Waals surface area contributed by atoms with E-state index in [1.807, 2.05) is 67.6 Å². The SMILES string of the molecule is COc1cc(N=C(C)c2c(-c3ccccc3)[nH]n(-c3ccccc3)c2=O)cc(OC)c1OC. The number of aromatic amines is 1. The maximum absolute atomic E-state index is 13.5. The van der Waals surface area contributed by atoms with Gasteiger partial charge in [-0.3, -0.25) is 14.9 Å². The molecule has 0 saturated heterocycles. The van der Waals surface area contributed by atoms with Crippen LogP contribution in [0.1, 0.15) is 12.5 Å². The first-order chi connectivity index (χ1) is 16.1. The number of aromatic nitrogens is 2. The molecule has 0 saturated carbocycles. The van der Waals surface area contributed by atoms with E-state index in [2.05, 4.69) is 5.10 Å². The maximum atomic E-state index is 13.5. The van der Waals surface area contributed by atoms with Crippen LogP contribution in [0.5, 0.6) is 17.2 Å². The summed E-state index contributed by atoms with van der Waals surface area (Å²) in [6, 6.07) is 22.7. The van der Waals surface area contributed by atoms with Gasteiger partial charge in [-0.25, -0.2) is 4.68 Å². The molecule has 4 aromatic rings. The molecule has 4 rings (SSSR count). The van der Waals surface area contributed by atoms with E-state index in [1.54, 1.807) is 33.5 Å². The van der Waals surface area contributed by atoms with Crippen molar-refractivity contribution < 1.29 is 14.2 Å². The van der Waals surface area contributed by atoms with Crippen LogP contribution in [0.2, 0.25) is 0 Å². The van der Waals surface area contributed by atoms with Crippen LogP contribution in [0.15, 0.2) is 82.6 Å². The van der Waals surface area contributed by atoms with Crippen molar-refractivity contribution >= 4 is 11.4 Å². The lowest BCUT2D eigenvalue weighted by Gasteiger charge is -2.13. The number of para-hydroxylation sites is 1. The summed E-state index contributed by atoms with van der Waals surface area (Å²) in [5, 5.41) is 3.27. The van der Waals surface area contributed by atoms with Gasteiger partial charge in [-0.1, -0.05) is 48.5 Å². The zero-order valence-electron chi connectivity index (χ0n) is 19.0. The number of ether oxygens (including phenoxy) is 3. The van der Waals surface area contributed by atoms with Crippen LogP contribution in [0, 0.1) is 0 Å². The minimum atomic E-state index is -0.186. The fraction of sp³-hybridized carbons (Fsp3) is 0.154. The smallest absolute Gasteiger partial charge is 0.280 e. The number of hydrogen-bond donors (Lipinski definition) is 1. The van der Waals surface area contributed by atoms with Gasteiger partial charge in [0.15, 0.2) is 11.5 Å². The topological polar surface area (TPSA) is 77.8 Å². The number of nitrogens with zero attached hydrogens (tertiary/aromatic N) is 2. The molecule has 0 amide bonds. The first kappa shape index (κ1) is 22.0. The number of benzene rings is 3. The van der Waals surface area contributed by atoms with Gasteiger partial charge in [0.25, 0.3) is 5.56 Å². The Morgan fingerprint density at radius 2 is 1.42 bits per heavy atom. The van der Waals surface area contributed by atoms with Crippen molar-refractivity contribution in [3.05, 3.63) is 88.7 Å². The molecule has 0 bridgehead atoms. The predicted octanol–water partition coefficient (Wildman–Crippen LogP) is 5.00. The summed E-state index contributed by atoms with van der Waals surface area (Å²) in [6.07, 6.45) is 0. The van der Waals surface area contributed by atoms with Crippen molar-refractivity contribution in [2.24, 2.45) is 4.99 Å². The van der Waals surface area contributed by atoms with Crippen molar-refractivity contribution in [3.63, 3.8) is 0 Å². The third kappa shape index (κ3) is 4.25. The van der Waals surface area contributed by atoms with Crippen molar-refractivity contribution in [2.45, 2.75) is 6.92 Å². The lowest BCUT2D eigenvalue weighted by molar-refractivity contribution is 0.324. The van der Waals surface area contributed by atoms with Crippen LogP contribution in [0.25, 0.3) is 16.9 Å². The quantitative estimate of drug-likeness (QED) is 0.408. The Morgan fingerprint density at radius 1 is 0.848 bits per heavy atom. The largest absolute Gasteiger partial charge is 0.493 e. The number of H-pyrrole nitrogens is 1. The Kier molecular flexibility index (Phi) is 6.31. The van der Waals surface area contributed by atoms with Crippen LogP contribution in [0.4, 0.5) is 5.69 Å². The van der Waals surface area contributed by atoms with Crippen molar-refractivity contribution in [2.75, 3.05) is 21.3 Å². The molecule has 0 radical (unpaired) electrons. The van der Waals surface area contributed by atoms with Gasteiger partial charge in [-0.05, 0) is 19.1 Å². The highest BCUT2D eigenvalue weighted by Gasteiger charge is 2.20. The fourth-order valence-electron chi connectivity index (χ4n) is 3.73. The third-order valence-corrected chi connectivity index (χ3v) is 5.28. The van der Waals surface area contributed by atoms with Gasteiger partial charge in [0.05, 0.1) is 49.7 Å². The Labute approximate surface area is 191 Å². The fourth-order valence-corrected chi connectivity index (χ4v) is 3.73. The van der Waals surface area contributed by atoms with Crippen molar-refractivity contribution in [3.8, 4) is 34.2 Å². The minimum Gasteiger partial charge on any atom is -0.493 e. The number of rotatable bonds is 7. The van der Waals surface area contributed by atoms with Gasteiger partial charge in [0.1, 0.15) is 0 Å². The van der Waals surface area contributed by atoms with E-state index in [1.165, 1.54) is 4.68 Å². The van der Waals surface area contributed by atoms with Gasteiger partial charge in [0.2, 0.25) is 5.75 Å². The van der Waals surface area contributed by atoms with Gasteiger partial charge in [-0.15, -0.1) is 0 Å². The normalized spacial score (nSPS) is 11.3. The highest BCUT2D eigenvalue weighted by Crippen LogP contribution is 2.41. The van der Waals surface area contributed by atoms with Gasteiger partial charge >= 0.3 is 0 Å². The molecule has 1 heterocycles. The average molecular weight is 444 g/mol. The Hall–Kier alpha value is -4.26. The molecule has 0 aliphatic carbocycles. The standard InChI is InChI=1S/C26H25N3O4/c1-17(27-19-15-21(31-2)25(33-4)22(16-19)32-3)23-24(18-11-7-5-8-12-18)28-29(26(23)30)20-13-9-6-10-14-20/h5-16,28H,1-4H3. The summed E-state index contributed by atoms with van der Waals surface area (Å²) in [7, 11) is 4.65. The summed E-state index contributed by atoms with van der Waals surface area (Å²) in [5.41, 5.74) is 3.75. The second-order valence-electron chi connectivity index (χ2n) is 7.28. The second-order valence-corrected chi connectivity index (χ2v) is 7.28. The van der Waals surface area contributed by atoms with Crippen LogP contribution in [0.3, 0.4) is 0 Å². The van der Waals surface area contributed by atoms with Gasteiger partial charge in [-0.2, -0.15) is 0 Å². The van der Waals surface area contributed by atoms with Crippen molar-refractivity contribution in [1.29, 1.82) is 0 Å². The van der Waals surface area contributed by atoms with E-state index in [-0.39, 0.29) is 5.56 Å². The Morgan fingerprint density at radius 3 is 1.97 bits per heavy atom. The number of hydrogen-bond acceptors (Lipinski definition) is 5. The lowest BCUT2D eigenvalue weighted by atomic mass is 10.1. The van der Waals surface area contributed by atoms with Crippen LogP contribution < -0.4 is 19.8 Å². The number of nitrogens with one attached hydrogen (secondary N) is 1. The van der Waals surface area contributed by atoms with E-state index in [0.717, 1.165) is 11.3 Å². The van der Waals surface area contributed by atoms with Crippen LogP contribution in [-0.2, 0) is 0 Å². The molecule has 168 valence electrons. The van der Waals surface area contributed by atoms with Crippen LogP contribution >= 0.6 is 0 Å². The van der Waals surface area contributed by atoms with Gasteiger partial charge < -0.3 is 14.2 Å². The highest BCUT2D eigenvalue weighted by atomic mass is 16.5. The van der Waals surface area contributed by atoms with E-state index in [4.69, 9.17) is 19.2 Å². The molecule has 0 unspecified atom stereocenters. The molecule has 7 nitrogen and oxygen atoms in total. The summed E-state index contributed by atoms with van der Waals surface area (Å²) < 4.78 is 17.8. The maximum Gasteiger partial charge on any atom is 0.280 e. The molecule has 1 aromatic heterocycles. The number of methoxy groups -OCH3 is 3. The summed E-state index contributed by atoms with van der Waals surface area (Å²) in [6.45, 7) is 1.82.